The molecule has 0 aliphatic heterocycles. The van der Waals surface area contributed by atoms with Crippen molar-refractivity contribution in [2.24, 2.45) is 5.92 Å². The van der Waals surface area contributed by atoms with Crippen LogP contribution in [-0.4, -0.2) is 23.8 Å². The predicted octanol–water partition coefficient (Wildman–Crippen LogP) is 3.90. The summed E-state index contributed by atoms with van der Waals surface area (Å²) in [7, 11) is 0. The van der Waals surface area contributed by atoms with Gasteiger partial charge in [0.05, 0.1) is 6.04 Å². The Morgan fingerprint density at radius 1 is 1.32 bits per heavy atom. The standard InChI is InChI=1S/C16H22Cl2N2O2/c1-10(14-8-12(17)4-7-15(14)18)19-16(22)20-13-5-2-11(9-21)3-6-13/h4,7-8,10-11,13,21H,2-3,5-6,9H2,1H3,(H2,19,20,22)/t10-,11?,13?/m0/s1. The van der Waals surface area contributed by atoms with Crippen LogP contribution in [0, 0.1) is 5.92 Å². The van der Waals surface area contributed by atoms with E-state index < -0.39 is 0 Å². The molecule has 1 saturated carbocycles. The van der Waals surface area contributed by atoms with Crippen LogP contribution >= 0.6 is 23.2 Å². The fourth-order valence-electron chi connectivity index (χ4n) is 2.84. The summed E-state index contributed by atoms with van der Waals surface area (Å²) < 4.78 is 0. The Morgan fingerprint density at radius 2 is 2.00 bits per heavy atom. The number of hydrogen-bond donors (Lipinski definition) is 3. The Balaban J connectivity index is 1.85. The number of aliphatic hydroxyl groups excluding tert-OH is 1. The summed E-state index contributed by atoms with van der Waals surface area (Å²) in [5.74, 6) is 0.380. The third kappa shape index (κ3) is 4.77. The Kier molecular flexibility index (Phi) is 6.36. The fraction of sp³-hybridized carbons (Fsp3) is 0.562. The third-order valence-electron chi connectivity index (χ3n) is 4.21. The SMILES string of the molecule is C[C@H](NC(=O)NC1CCC(CO)CC1)c1cc(Cl)ccc1Cl. The molecule has 0 radical (unpaired) electrons. The molecule has 1 aromatic rings. The highest BCUT2D eigenvalue weighted by Crippen LogP contribution is 2.26. The summed E-state index contributed by atoms with van der Waals surface area (Å²) in [6.45, 7) is 2.11. The van der Waals surface area contributed by atoms with Gasteiger partial charge in [-0.15, -0.1) is 0 Å². The van der Waals surface area contributed by atoms with Crippen LogP contribution in [0.5, 0.6) is 0 Å². The topological polar surface area (TPSA) is 61.4 Å². The molecule has 1 atom stereocenters. The van der Waals surface area contributed by atoms with E-state index in [0.29, 0.717) is 16.0 Å². The number of benzene rings is 1. The van der Waals surface area contributed by atoms with Crippen molar-refractivity contribution in [3.05, 3.63) is 33.8 Å². The molecule has 0 unspecified atom stereocenters. The molecular weight excluding hydrogens is 323 g/mol. The molecule has 22 heavy (non-hydrogen) atoms. The maximum Gasteiger partial charge on any atom is 0.315 e. The van der Waals surface area contributed by atoms with E-state index in [1.165, 1.54) is 0 Å². The quantitative estimate of drug-likeness (QED) is 0.775. The number of nitrogens with one attached hydrogen (secondary N) is 2. The molecule has 0 bridgehead atoms. The lowest BCUT2D eigenvalue weighted by Crippen LogP contribution is -2.44. The van der Waals surface area contributed by atoms with E-state index in [9.17, 15) is 4.79 Å². The van der Waals surface area contributed by atoms with Gasteiger partial charge >= 0.3 is 6.03 Å². The van der Waals surface area contributed by atoms with Crippen molar-refractivity contribution in [3.8, 4) is 0 Å². The Morgan fingerprint density at radius 3 is 2.64 bits per heavy atom. The average Bonchev–Trinajstić information content (AvgIpc) is 2.50. The minimum absolute atomic E-state index is 0.171. The van der Waals surface area contributed by atoms with Crippen LogP contribution in [-0.2, 0) is 0 Å². The van der Waals surface area contributed by atoms with Crippen LogP contribution in [0.15, 0.2) is 18.2 Å². The molecule has 1 aliphatic carbocycles. The molecule has 1 aromatic carbocycles. The van der Waals surface area contributed by atoms with Crippen molar-refractivity contribution in [1.29, 1.82) is 0 Å². The van der Waals surface area contributed by atoms with E-state index in [-0.39, 0.29) is 24.7 Å². The molecule has 0 spiro atoms. The molecule has 4 nitrogen and oxygen atoms in total. The van der Waals surface area contributed by atoms with Crippen molar-refractivity contribution >= 4 is 29.2 Å². The van der Waals surface area contributed by atoms with Gasteiger partial charge in [0.2, 0.25) is 0 Å². The van der Waals surface area contributed by atoms with Gasteiger partial charge in [0.15, 0.2) is 0 Å². The number of carbonyl (C=O) groups is 1. The van der Waals surface area contributed by atoms with Gasteiger partial charge in [-0.25, -0.2) is 4.79 Å². The van der Waals surface area contributed by atoms with Gasteiger partial charge in [-0.2, -0.15) is 0 Å². The summed E-state index contributed by atoms with van der Waals surface area (Å²) in [6, 6.07) is 4.97. The van der Waals surface area contributed by atoms with E-state index in [1.54, 1.807) is 18.2 Å². The van der Waals surface area contributed by atoms with E-state index in [1.807, 2.05) is 6.92 Å². The molecule has 2 amide bonds. The molecule has 122 valence electrons. The zero-order valence-corrected chi connectivity index (χ0v) is 14.1. The molecule has 3 N–H and O–H groups in total. The number of aliphatic hydroxyl groups is 1. The Bertz CT molecular complexity index is 517. The molecule has 0 aromatic heterocycles. The highest BCUT2D eigenvalue weighted by atomic mass is 35.5. The summed E-state index contributed by atoms with van der Waals surface area (Å²) in [5.41, 5.74) is 0.799. The summed E-state index contributed by atoms with van der Waals surface area (Å²) in [6.07, 6.45) is 3.73. The van der Waals surface area contributed by atoms with Crippen LogP contribution < -0.4 is 10.6 Å². The largest absolute Gasteiger partial charge is 0.396 e. The average molecular weight is 345 g/mol. The van der Waals surface area contributed by atoms with E-state index in [0.717, 1.165) is 31.2 Å². The molecule has 0 heterocycles. The first-order valence-electron chi connectivity index (χ1n) is 7.62. The molecule has 0 saturated heterocycles. The lowest BCUT2D eigenvalue weighted by Gasteiger charge is -2.28. The lowest BCUT2D eigenvalue weighted by molar-refractivity contribution is 0.174. The maximum atomic E-state index is 12.1. The van der Waals surface area contributed by atoms with Crippen LogP contribution in [0.4, 0.5) is 4.79 Å². The number of amides is 2. The van der Waals surface area contributed by atoms with Gasteiger partial charge in [-0.3, -0.25) is 0 Å². The highest BCUT2D eigenvalue weighted by molar-refractivity contribution is 6.33. The maximum absolute atomic E-state index is 12.1. The third-order valence-corrected chi connectivity index (χ3v) is 4.79. The molecule has 6 heteroatoms. The van der Waals surface area contributed by atoms with E-state index in [2.05, 4.69) is 10.6 Å². The normalized spacial score (nSPS) is 22.9. The zero-order chi connectivity index (χ0) is 16.1. The molecule has 1 aliphatic rings. The van der Waals surface area contributed by atoms with E-state index in [4.69, 9.17) is 28.3 Å². The van der Waals surface area contributed by atoms with Crippen molar-refractivity contribution < 1.29 is 9.90 Å². The van der Waals surface area contributed by atoms with Crippen LogP contribution in [0.3, 0.4) is 0 Å². The second-order valence-electron chi connectivity index (χ2n) is 5.91. The number of urea groups is 1. The van der Waals surface area contributed by atoms with Gasteiger partial charge in [0.1, 0.15) is 0 Å². The Hall–Kier alpha value is -0.970. The van der Waals surface area contributed by atoms with Crippen molar-refractivity contribution in [1.82, 2.24) is 10.6 Å². The van der Waals surface area contributed by atoms with Crippen LogP contribution in [0.1, 0.15) is 44.2 Å². The van der Waals surface area contributed by atoms with Gasteiger partial charge in [0.25, 0.3) is 0 Å². The lowest BCUT2D eigenvalue weighted by atomic mass is 9.87. The molecule has 2 rings (SSSR count). The van der Waals surface area contributed by atoms with Gasteiger partial charge in [0, 0.05) is 22.7 Å². The first-order valence-corrected chi connectivity index (χ1v) is 8.38. The van der Waals surface area contributed by atoms with Crippen LogP contribution in [0.2, 0.25) is 10.0 Å². The first kappa shape index (κ1) is 17.4. The summed E-state index contributed by atoms with van der Waals surface area (Å²) in [4.78, 5) is 12.1. The van der Waals surface area contributed by atoms with Gasteiger partial charge in [-0.05, 0) is 62.3 Å². The number of rotatable bonds is 4. The minimum atomic E-state index is -0.222. The zero-order valence-electron chi connectivity index (χ0n) is 12.6. The monoisotopic (exact) mass is 344 g/mol. The second kappa shape index (κ2) is 8.04. The molecular formula is C16H22Cl2N2O2. The van der Waals surface area contributed by atoms with Gasteiger partial charge in [-0.1, -0.05) is 23.2 Å². The van der Waals surface area contributed by atoms with Crippen LogP contribution in [0.25, 0.3) is 0 Å². The Labute approximate surface area is 141 Å². The van der Waals surface area contributed by atoms with E-state index >= 15 is 0 Å². The fourth-order valence-corrected chi connectivity index (χ4v) is 3.30. The second-order valence-corrected chi connectivity index (χ2v) is 6.75. The minimum Gasteiger partial charge on any atom is -0.396 e. The van der Waals surface area contributed by atoms with Crippen molar-refractivity contribution in [2.45, 2.75) is 44.7 Å². The predicted molar refractivity (Wildman–Crippen MR) is 89.4 cm³/mol. The van der Waals surface area contributed by atoms with Crippen molar-refractivity contribution in [2.75, 3.05) is 6.61 Å². The smallest absolute Gasteiger partial charge is 0.315 e. The number of halogens is 2. The number of hydrogen-bond acceptors (Lipinski definition) is 2. The number of carbonyl (C=O) groups excluding carboxylic acids is 1. The highest BCUT2D eigenvalue weighted by Gasteiger charge is 2.22. The van der Waals surface area contributed by atoms with Gasteiger partial charge < -0.3 is 15.7 Å². The summed E-state index contributed by atoms with van der Waals surface area (Å²) >= 11 is 12.1. The first-order chi connectivity index (χ1) is 10.5. The molecule has 1 fully saturated rings. The van der Waals surface area contributed by atoms with Crippen molar-refractivity contribution in [3.63, 3.8) is 0 Å². The summed E-state index contributed by atoms with van der Waals surface area (Å²) in [5, 5.41) is 16.2.